The van der Waals surface area contributed by atoms with Gasteiger partial charge < -0.3 is 24.7 Å². The summed E-state index contributed by atoms with van der Waals surface area (Å²) in [6.07, 6.45) is 0.389. The van der Waals surface area contributed by atoms with Crippen molar-refractivity contribution >= 4 is 40.8 Å². The molecular formula is C28H39BN2O5S. The molecule has 37 heavy (non-hydrogen) atoms. The standard InChI is InChI=1S/C28H39BN2O5S/c1-16(2)34-24(33)20-19-15-25(3,4)31-26(5,6)21(19)37-23(20)30-22(32)17-11-13-18(14-12-17)29-35-27(7,8)28(9,10)36-29/h11-14,16,31H,15H2,1-10H3,(H,30,32). The monoisotopic (exact) mass is 526 g/mol. The van der Waals surface area contributed by atoms with E-state index in [4.69, 9.17) is 14.0 Å². The first-order valence-corrected chi connectivity index (χ1v) is 13.7. The largest absolute Gasteiger partial charge is 0.494 e. The van der Waals surface area contributed by atoms with E-state index in [-0.39, 0.29) is 23.1 Å². The summed E-state index contributed by atoms with van der Waals surface area (Å²) >= 11 is 1.44. The van der Waals surface area contributed by atoms with Gasteiger partial charge in [-0.25, -0.2) is 4.79 Å². The summed E-state index contributed by atoms with van der Waals surface area (Å²) in [4.78, 5) is 27.6. The van der Waals surface area contributed by atoms with E-state index >= 15 is 0 Å². The van der Waals surface area contributed by atoms with Crippen LogP contribution in [-0.4, -0.2) is 41.8 Å². The zero-order valence-electron chi connectivity index (χ0n) is 23.6. The van der Waals surface area contributed by atoms with Crippen molar-refractivity contribution in [1.82, 2.24) is 5.32 Å². The van der Waals surface area contributed by atoms with Gasteiger partial charge in [-0.15, -0.1) is 11.3 Å². The average Bonchev–Trinajstić information content (AvgIpc) is 3.19. The number of rotatable bonds is 5. The fourth-order valence-electron chi connectivity index (χ4n) is 5.05. The van der Waals surface area contributed by atoms with Gasteiger partial charge in [-0.3, -0.25) is 4.79 Å². The van der Waals surface area contributed by atoms with E-state index < -0.39 is 24.3 Å². The van der Waals surface area contributed by atoms with Gasteiger partial charge in [0.1, 0.15) is 5.00 Å². The summed E-state index contributed by atoms with van der Waals surface area (Å²) in [5.41, 5.74) is 1.27. The predicted molar refractivity (Wildman–Crippen MR) is 149 cm³/mol. The molecule has 4 rings (SSSR count). The van der Waals surface area contributed by atoms with Crippen molar-refractivity contribution in [2.75, 3.05) is 5.32 Å². The molecule has 0 unspecified atom stereocenters. The molecule has 0 bridgehead atoms. The Balaban J connectivity index is 1.62. The molecule has 0 aliphatic carbocycles. The van der Waals surface area contributed by atoms with Gasteiger partial charge in [0.2, 0.25) is 0 Å². The third kappa shape index (κ3) is 5.37. The molecule has 0 spiro atoms. The smallest absolute Gasteiger partial charge is 0.459 e. The van der Waals surface area contributed by atoms with E-state index in [1.807, 2.05) is 53.7 Å². The van der Waals surface area contributed by atoms with E-state index in [1.54, 1.807) is 12.1 Å². The number of nitrogens with one attached hydrogen (secondary N) is 2. The lowest BCUT2D eigenvalue weighted by Gasteiger charge is -2.42. The number of hydrogen-bond acceptors (Lipinski definition) is 7. The van der Waals surface area contributed by atoms with Crippen molar-refractivity contribution in [2.45, 2.75) is 104 Å². The molecule has 1 fully saturated rings. The maximum Gasteiger partial charge on any atom is 0.494 e. The molecule has 200 valence electrons. The Morgan fingerprint density at radius 3 is 2.11 bits per heavy atom. The topological polar surface area (TPSA) is 85.9 Å². The average molecular weight is 527 g/mol. The van der Waals surface area contributed by atoms with Gasteiger partial charge in [-0.1, -0.05) is 12.1 Å². The Kier molecular flexibility index (Phi) is 6.94. The maximum absolute atomic E-state index is 13.3. The molecule has 1 amide bonds. The van der Waals surface area contributed by atoms with E-state index in [0.29, 0.717) is 22.5 Å². The van der Waals surface area contributed by atoms with Gasteiger partial charge in [0.05, 0.1) is 22.9 Å². The number of fused-ring (bicyclic) bond motifs is 1. The van der Waals surface area contributed by atoms with Gasteiger partial charge in [-0.2, -0.15) is 0 Å². The number of esters is 1. The summed E-state index contributed by atoms with van der Waals surface area (Å²) in [7, 11) is -0.498. The lowest BCUT2D eigenvalue weighted by molar-refractivity contribution is 0.00578. The molecular weight excluding hydrogens is 487 g/mol. The molecule has 0 radical (unpaired) electrons. The first kappa shape index (κ1) is 27.8. The second kappa shape index (κ2) is 9.22. The third-order valence-corrected chi connectivity index (χ3v) is 8.79. The van der Waals surface area contributed by atoms with Crippen molar-refractivity contribution in [3.8, 4) is 0 Å². The summed E-state index contributed by atoms with van der Waals surface area (Å²) in [6.45, 7) is 20.1. The number of benzene rings is 1. The normalized spacial score (nSPS) is 21.0. The molecule has 0 saturated carbocycles. The zero-order valence-corrected chi connectivity index (χ0v) is 24.4. The third-order valence-electron chi connectivity index (χ3n) is 7.32. The highest BCUT2D eigenvalue weighted by Gasteiger charge is 2.51. The van der Waals surface area contributed by atoms with E-state index in [2.05, 4.69) is 38.3 Å². The molecule has 2 aliphatic rings. The molecule has 7 nitrogen and oxygen atoms in total. The fourth-order valence-corrected chi connectivity index (χ4v) is 6.31. The number of amides is 1. The van der Waals surface area contributed by atoms with Crippen LogP contribution >= 0.6 is 11.3 Å². The molecule has 9 heteroatoms. The molecule has 2 aliphatic heterocycles. The van der Waals surface area contributed by atoms with Crippen LogP contribution in [0.5, 0.6) is 0 Å². The SMILES string of the molecule is CC(C)OC(=O)c1c(NC(=O)c2ccc(B3OC(C)(C)C(C)(C)O3)cc2)sc2c1CC(C)(C)NC2(C)C. The zero-order chi connectivity index (χ0) is 27.6. The minimum atomic E-state index is -0.498. The Labute approximate surface area is 224 Å². The van der Waals surface area contributed by atoms with Crippen molar-refractivity contribution < 1.29 is 23.6 Å². The molecule has 1 aromatic heterocycles. The first-order chi connectivity index (χ1) is 16.9. The van der Waals surface area contributed by atoms with Crippen molar-refractivity contribution in [3.63, 3.8) is 0 Å². The summed E-state index contributed by atoms with van der Waals surface area (Å²) in [5, 5.41) is 7.18. The minimum Gasteiger partial charge on any atom is -0.459 e. The van der Waals surface area contributed by atoms with Crippen LogP contribution in [0.4, 0.5) is 5.00 Å². The van der Waals surface area contributed by atoms with E-state index in [1.165, 1.54) is 11.3 Å². The number of anilines is 1. The fraction of sp³-hybridized carbons (Fsp3) is 0.571. The van der Waals surface area contributed by atoms with Crippen molar-refractivity contribution in [1.29, 1.82) is 0 Å². The lowest BCUT2D eigenvalue weighted by atomic mass is 9.79. The summed E-state index contributed by atoms with van der Waals surface area (Å²) in [5.74, 6) is -0.699. The molecule has 1 saturated heterocycles. The van der Waals surface area contributed by atoms with Gasteiger partial charge in [-0.05, 0) is 98.8 Å². The molecule has 2 aromatic rings. The van der Waals surface area contributed by atoms with E-state index in [0.717, 1.165) is 15.9 Å². The van der Waals surface area contributed by atoms with E-state index in [9.17, 15) is 9.59 Å². The molecule has 0 atom stereocenters. The molecule has 2 N–H and O–H groups in total. The van der Waals surface area contributed by atoms with Crippen LogP contribution in [0.2, 0.25) is 0 Å². The Morgan fingerprint density at radius 1 is 1.00 bits per heavy atom. The second-order valence-electron chi connectivity index (χ2n) is 12.5. The van der Waals surface area contributed by atoms with Gasteiger partial charge in [0.25, 0.3) is 5.91 Å². The first-order valence-electron chi connectivity index (χ1n) is 12.9. The van der Waals surface area contributed by atoms with Crippen LogP contribution in [-0.2, 0) is 26.0 Å². The van der Waals surface area contributed by atoms with Crippen LogP contribution in [0.15, 0.2) is 24.3 Å². The highest BCUT2D eigenvalue weighted by Crippen LogP contribution is 2.45. The van der Waals surface area contributed by atoms with Crippen LogP contribution in [0.25, 0.3) is 0 Å². The number of hydrogen-bond donors (Lipinski definition) is 2. The molecule has 1 aromatic carbocycles. The molecule has 3 heterocycles. The quantitative estimate of drug-likeness (QED) is 0.420. The van der Waals surface area contributed by atoms with Crippen molar-refractivity contribution in [2.24, 2.45) is 0 Å². The minimum absolute atomic E-state index is 0.213. The van der Waals surface area contributed by atoms with Gasteiger partial charge in [0.15, 0.2) is 0 Å². The summed E-state index contributed by atoms with van der Waals surface area (Å²) < 4.78 is 17.8. The lowest BCUT2D eigenvalue weighted by Crippen LogP contribution is -2.55. The Morgan fingerprint density at radius 2 is 1.57 bits per heavy atom. The predicted octanol–water partition coefficient (Wildman–Crippen LogP) is 5.02. The van der Waals surface area contributed by atoms with Crippen LogP contribution in [0.1, 0.15) is 100 Å². The second-order valence-corrected chi connectivity index (χ2v) is 13.6. The highest BCUT2D eigenvalue weighted by molar-refractivity contribution is 7.17. The number of carbonyl (C=O) groups is 2. The summed E-state index contributed by atoms with van der Waals surface area (Å²) in [6, 6.07) is 7.20. The van der Waals surface area contributed by atoms with Crippen molar-refractivity contribution in [3.05, 3.63) is 45.8 Å². The number of thiophene rings is 1. The van der Waals surface area contributed by atoms with Crippen LogP contribution in [0, 0.1) is 0 Å². The Hall–Kier alpha value is -2.20. The van der Waals surface area contributed by atoms with Crippen LogP contribution in [0.3, 0.4) is 0 Å². The highest BCUT2D eigenvalue weighted by atomic mass is 32.1. The number of carbonyl (C=O) groups excluding carboxylic acids is 2. The Bertz CT molecular complexity index is 1200. The maximum atomic E-state index is 13.3. The van der Waals surface area contributed by atoms with Gasteiger partial charge in [0, 0.05) is 21.5 Å². The van der Waals surface area contributed by atoms with Crippen LogP contribution < -0.4 is 16.1 Å². The number of ether oxygens (including phenoxy) is 1. The van der Waals surface area contributed by atoms with Gasteiger partial charge >= 0.3 is 13.1 Å².